The smallest absolute Gasteiger partial charge is 0.261 e. The van der Waals surface area contributed by atoms with Crippen LogP contribution in [0.4, 0.5) is 0 Å². The molecule has 1 unspecified atom stereocenters. The number of aryl methyl sites for hydroxylation is 1. The molecule has 3 heteroatoms. The number of hydrogen-bond acceptors (Lipinski definition) is 2. The minimum Gasteiger partial charge on any atom is -0.481 e. The summed E-state index contributed by atoms with van der Waals surface area (Å²) in [5, 5.41) is 3.46. The van der Waals surface area contributed by atoms with E-state index in [0.29, 0.717) is 0 Å². The van der Waals surface area contributed by atoms with Gasteiger partial charge in [-0.05, 0) is 106 Å². The Kier molecular flexibility index (Phi) is 4.02. The van der Waals surface area contributed by atoms with E-state index in [1.807, 2.05) is 13.0 Å². The summed E-state index contributed by atoms with van der Waals surface area (Å²) in [5.74, 6) is 3.55. The molecule has 6 rings (SSSR count). The van der Waals surface area contributed by atoms with Gasteiger partial charge in [-0.25, -0.2) is 0 Å². The normalized spacial score (nSPS) is 35.7. The largest absolute Gasteiger partial charge is 0.481 e. The second kappa shape index (κ2) is 6.28. The van der Waals surface area contributed by atoms with Crippen LogP contribution in [0.3, 0.4) is 0 Å². The first-order valence-corrected chi connectivity index (χ1v) is 10.7. The third kappa shape index (κ3) is 2.93. The molecule has 0 spiro atoms. The SMILES string of the molecule is CC(Oc1cccc2c1CCCC2)C(=O)NC12CC3CC(CC(C3)C1)C2. The number of carbonyl (C=O) groups excluding carboxylic acids is 1. The molecule has 1 N–H and O–H groups in total. The van der Waals surface area contributed by atoms with E-state index in [1.165, 1.54) is 62.5 Å². The van der Waals surface area contributed by atoms with Crippen LogP contribution < -0.4 is 10.1 Å². The number of benzene rings is 1. The zero-order chi connectivity index (χ0) is 17.7. The molecule has 5 aliphatic carbocycles. The molecule has 26 heavy (non-hydrogen) atoms. The fraction of sp³-hybridized carbons (Fsp3) is 0.696. The number of nitrogens with one attached hydrogen (secondary N) is 1. The molecule has 0 heterocycles. The standard InChI is InChI=1S/C23H31NO2/c1-15(26-21-8-4-6-19-5-2-3-7-20(19)21)22(25)24-23-12-16-9-17(13-23)11-18(10-16)14-23/h4,6,8,15-18H,2-3,5,7,9-14H2,1H3,(H,24,25). The predicted octanol–water partition coefficient (Wildman–Crippen LogP) is 4.42. The van der Waals surface area contributed by atoms with Gasteiger partial charge < -0.3 is 10.1 Å². The molecular weight excluding hydrogens is 322 g/mol. The lowest BCUT2D eigenvalue weighted by molar-refractivity contribution is -0.133. The highest BCUT2D eigenvalue weighted by molar-refractivity contribution is 5.81. The number of ether oxygens (including phenoxy) is 1. The first-order chi connectivity index (χ1) is 12.6. The molecule has 0 radical (unpaired) electrons. The average molecular weight is 354 g/mol. The molecule has 0 saturated heterocycles. The molecule has 1 aromatic rings. The maximum Gasteiger partial charge on any atom is 0.261 e. The van der Waals surface area contributed by atoms with Crippen molar-refractivity contribution in [1.29, 1.82) is 0 Å². The third-order valence-electron chi connectivity index (χ3n) is 7.45. The Balaban J connectivity index is 1.28. The fourth-order valence-electron chi connectivity index (χ4n) is 6.73. The fourth-order valence-corrected chi connectivity index (χ4v) is 6.73. The molecule has 140 valence electrons. The summed E-state index contributed by atoms with van der Waals surface area (Å²) in [5.41, 5.74) is 2.80. The zero-order valence-corrected chi connectivity index (χ0v) is 15.9. The number of fused-ring (bicyclic) bond motifs is 1. The highest BCUT2D eigenvalue weighted by Gasteiger charge is 2.51. The van der Waals surface area contributed by atoms with E-state index in [1.54, 1.807) is 0 Å². The van der Waals surface area contributed by atoms with Gasteiger partial charge >= 0.3 is 0 Å². The van der Waals surface area contributed by atoms with E-state index in [0.717, 1.165) is 36.3 Å². The second-order valence-corrected chi connectivity index (χ2v) is 9.55. The van der Waals surface area contributed by atoms with Crippen molar-refractivity contribution in [2.75, 3.05) is 0 Å². The van der Waals surface area contributed by atoms with Crippen molar-refractivity contribution in [3.05, 3.63) is 29.3 Å². The quantitative estimate of drug-likeness (QED) is 0.870. The topological polar surface area (TPSA) is 38.3 Å². The van der Waals surface area contributed by atoms with Crippen molar-refractivity contribution in [2.24, 2.45) is 17.8 Å². The molecule has 4 bridgehead atoms. The van der Waals surface area contributed by atoms with Gasteiger partial charge in [0.1, 0.15) is 5.75 Å². The first-order valence-electron chi connectivity index (χ1n) is 10.7. The number of amides is 1. The van der Waals surface area contributed by atoms with Gasteiger partial charge in [0, 0.05) is 5.54 Å². The van der Waals surface area contributed by atoms with Gasteiger partial charge in [0.25, 0.3) is 5.91 Å². The highest BCUT2D eigenvalue weighted by Crippen LogP contribution is 2.55. The van der Waals surface area contributed by atoms with E-state index in [4.69, 9.17) is 4.74 Å². The zero-order valence-electron chi connectivity index (χ0n) is 15.9. The summed E-state index contributed by atoms with van der Waals surface area (Å²) in [7, 11) is 0. The summed E-state index contributed by atoms with van der Waals surface area (Å²) in [4.78, 5) is 13.0. The Morgan fingerprint density at radius 2 is 1.73 bits per heavy atom. The first kappa shape index (κ1) is 16.6. The van der Waals surface area contributed by atoms with Gasteiger partial charge in [-0.15, -0.1) is 0 Å². The molecule has 1 amide bonds. The number of hydrogen-bond donors (Lipinski definition) is 1. The summed E-state index contributed by atoms with van der Waals surface area (Å²) in [6.45, 7) is 1.91. The molecule has 3 nitrogen and oxygen atoms in total. The molecule has 0 aliphatic heterocycles. The van der Waals surface area contributed by atoms with Gasteiger partial charge in [-0.1, -0.05) is 12.1 Å². The van der Waals surface area contributed by atoms with Gasteiger partial charge in [0.15, 0.2) is 6.10 Å². The number of carbonyl (C=O) groups is 1. The summed E-state index contributed by atoms with van der Waals surface area (Å²) >= 11 is 0. The average Bonchev–Trinajstić information content (AvgIpc) is 2.60. The maximum atomic E-state index is 13.0. The lowest BCUT2D eigenvalue weighted by Gasteiger charge is -2.57. The van der Waals surface area contributed by atoms with Gasteiger partial charge in [-0.3, -0.25) is 4.79 Å². The van der Waals surface area contributed by atoms with Crippen molar-refractivity contribution in [1.82, 2.24) is 5.32 Å². The van der Waals surface area contributed by atoms with Crippen LogP contribution in [-0.2, 0) is 17.6 Å². The van der Waals surface area contributed by atoms with E-state index >= 15 is 0 Å². The van der Waals surface area contributed by atoms with Crippen molar-refractivity contribution in [2.45, 2.75) is 82.8 Å². The van der Waals surface area contributed by atoms with Crippen molar-refractivity contribution >= 4 is 5.91 Å². The van der Waals surface area contributed by atoms with Crippen LogP contribution in [0.2, 0.25) is 0 Å². The highest BCUT2D eigenvalue weighted by atomic mass is 16.5. The van der Waals surface area contributed by atoms with Crippen molar-refractivity contribution < 1.29 is 9.53 Å². The Labute approximate surface area is 156 Å². The van der Waals surface area contributed by atoms with Crippen LogP contribution >= 0.6 is 0 Å². The third-order valence-corrected chi connectivity index (χ3v) is 7.45. The lowest BCUT2D eigenvalue weighted by atomic mass is 9.53. The molecule has 4 fully saturated rings. The van der Waals surface area contributed by atoms with Crippen molar-refractivity contribution in [3.8, 4) is 5.75 Å². The predicted molar refractivity (Wildman–Crippen MR) is 102 cm³/mol. The maximum absolute atomic E-state index is 13.0. The summed E-state index contributed by atoms with van der Waals surface area (Å²) < 4.78 is 6.18. The Bertz CT molecular complexity index is 675. The van der Waals surface area contributed by atoms with Crippen LogP contribution in [0, 0.1) is 17.8 Å². The minimum absolute atomic E-state index is 0.0690. The molecule has 1 aromatic carbocycles. The molecule has 0 aromatic heterocycles. The van der Waals surface area contributed by atoms with E-state index in [2.05, 4.69) is 17.4 Å². The van der Waals surface area contributed by atoms with E-state index in [-0.39, 0.29) is 11.4 Å². The molecule has 1 atom stereocenters. The molecule has 5 aliphatic rings. The minimum atomic E-state index is -0.420. The summed E-state index contributed by atoms with van der Waals surface area (Å²) in [6.07, 6.45) is 12.1. The van der Waals surface area contributed by atoms with Crippen LogP contribution in [-0.4, -0.2) is 17.6 Å². The van der Waals surface area contributed by atoms with Crippen molar-refractivity contribution in [3.63, 3.8) is 0 Å². The molecular formula is C23H31NO2. The number of rotatable bonds is 4. The van der Waals surface area contributed by atoms with Crippen LogP contribution in [0.15, 0.2) is 18.2 Å². The van der Waals surface area contributed by atoms with Crippen LogP contribution in [0.5, 0.6) is 5.75 Å². The van der Waals surface area contributed by atoms with Gasteiger partial charge in [-0.2, -0.15) is 0 Å². The second-order valence-electron chi connectivity index (χ2n) is 9.55. The van der Waals surface area contributed by atoms with Crippen LogP contribution in [0.25, 0.3) is 0 Å². The van der Waals surface area contributed by atoms with E-state index < -0.39 is 6.10 Å². The Morgan fingerprint density at radius 3 is 2.42 bits per heavy atom. The van der Waals surface area contributed by atoms with Gasteiger partial charge in [0.05, 0.1) is 0 Å². The Hall–Kier alpha value is -1.51. The Morgan fingerprint density at radius 1 is 1.08 bits per heavy atom. The molecule has 4 saturated carbocycles. The van der Waals surface area contributed by atoms with E-state index in [9.17, 15) is 4.79 Å². The monoisotopic (exact) mass is 353 g/mol. The lowest BCUT2D eigenvalue weighted by Crippen LogP contribution is -2.61. The summed E-state index contributed by atoms with van der Waals surface area (Å²) in [6, 6.07) is 6.32. The van der Waals surface area contributed by atoms with Gasteiger partial charge in [0.2, 0.25) is 0 Å². The van der Waals surface area contributed by atoms with Crippen LogP contribution in [0.1, 0.15) is 69.4 Å².